The normalized spacial score (nSPS) is 11.3. The van der Waals surface area contributed by atoms with Crippen molar-refractivity contribution in [1.82, 2.24) is 0 Å². The van der Waals surface area contributed by atoms with Crippen LogP contribution >= 0.6 is 0 Å². The molecule has 0 aliphatic heterocycles. The SMILES string of the molecule is Cc1ccc2c(ccc3cc(N(c4ccccc4)c4cccc5ccccc45)ccc32)c1. The van der Waals surface area contributed by atoms with Crippen molar-refractivity contribution in [2.75, 3.05) is 4.90 Å². The Labute approximate surface area is 188 Å². The van der Waals surface area contributed by atoms with Gasteiger partial charge in [-0.15, -0.1) is 0 Å². The molecule has 6 aromatic carbocycles. The number of benzene rings is 6. The summed E-state index contributed by atoms with van der Waals surface area (Å²) in [6, 6.07) is 43.8. The fourth-order valence-corrected chi connectivity index (χ4v) is 4.72. The zero-order valence-corrected chi connectivity index (χ0v) is 18.0. The molecule has 0 fully saturated rings. The fraction of sp³-hybridized carbons (Fsp3) is 0.0323. The van der Waals surface area contributed by atoms with E-state index < -0.39 is 0 Å². The first-order valence-electron chi connectivity index (χ1n) is 11.0. The van der Waals surface area contributed by atoms with Crippen molar-refractivity contribution in [2.24, 2.45) is 0 Å². The Balaban J connectivity index is 1.60. The van der Waals surface area contributed by atoms with E-state index in [2.05, 4.69) is 133 Å². The number of anilines is 3. The zero-order valence-electron chi connectivity index (χ0n) is 18.0. The smallest absolute Gasteiger partial charge is 0.0540 e. The molecule has 6 rings (SSSR count). The minimum Gasteiger partial charge on any atom is -0.310 e. The first-order chi connectivity index (χ1) is 15.8. The molecule has 0 bridgehead atoms. The Morgan fingerprint density at radius 2 is 1.12 bits per heavy atom. The van der Waals surface area contributed by atoms with Crippen molar-refractivity contribution < 1.29 is 0 Å². The molecule has 0 atom stereocenters. The summed E-state index contributed by atoms with van der Waals surface area (Å²) in [4.78, 5) is 2.36. The number of para-hydroxylation sites is 1. The molecule has 0 radical (unpaired) electrons. The van der Waals surface area contributed by atoms with Gasteiger partial charge in [-0.2, -0.15) is 0 Å². The van der Waals surface area contributed by atoms with Crippen LogP contribution in [0, 0.1) is 6.92 Å². The largest absolute Gasteiger partial charge is 0.310 e. The van der Waals surface area contributed by atoms with Gasteiger partial charge in [0.05, 0.1) is 5.69 Å². The molecule has 0 amide bonds. The van der Waals surface area contributed by atoms with Crippen LogP contribution in [0.15, 0.2) is 121 Å². The minimum absolute atomic E-state index is 1.15. The van der Waals surface area contributed by atoms with E-state index in [1.165, 1.54) is 43.6 Å². The molecular weight excluding hydrogens is 386 g/mol. The Hall–Kier alpha value is -4.10. The third-order valence-corrected chi connectivity index (χ3v) is 6.25. The van der Waals surface area contributed by atoms with E-state index >= 15 is 0 Å². The topological polar surface area (TPSA) is 3.24 Å². The van der Waals surface area contributed by atoms with Crippen LogP contribution in [0.4, 0.5) is 17.1 Å². The highest BCUT2D eigenvalue weighted by molar-refractivity contribution is 6.09. The summed E-state index contributed by atoms with van der Waals surface area (Å²) in [6.07, 6.45) is 0. The predicted molar refractivity (Wildman–Crippen MR) is 138 cm³/mol. The lowest BCUT2D eigenvalue weighted by Gasteiger charge is -2.27. The third-order valence-electron chi connectivity index (χ3n) is 6.25. The Morgan fingerprint density at radius 3 is 1.97 bits per heavy atom. The van der Waals surface area contributed by atoms with Gasteiger partial charge in [0.15, 0.2) is 0 Å². The van der Waals surface area contributed by atoms with Crippen LogP contribution in [0.3, 0.4) is 0 Å². The van der Waals surface area contributed by atoms with Crippen molar-refractivity contribution in [1.29, 1.82) is 0 Å². The molecule has 0 aliphatic rings. The average Bonchev–Trinajstić information content (AvgIpc) is 2.85. The van der Waals surface area contributed by atoms with Crippen molar-refractivity contribution in [3.63, 3.8) is 0 Å². The van der Waals surface area contributed by atoms with Crippen LogP contribution in [-0.2, 0) is 0 Å². The maximum absolute atomic E-state index is 2.36. The van der Waals surface area contributed by atoms with E-state index in [9.17, 15) is 0 Å². The van der Waals surface area contributed by atoms with E-state index in [1.807, 2.05) is 0 Å². The molecule has 0 aliphatic carbocycles. The first kappa shape index (κ1) is 18.7. The highest BCUT2D eigenvalue weighted by Gasteiger charge is 2.15. The standard InChI is InChI=1S/C31H23N/c1-22-14-18-28-24(20-22)15-16-25-21-27(17-19-29(25)28)32(26-10-3-2-4-11-26)31-13-7-9-23-8-5-6-12-30(23)31/h2-21H,1H3. The Kier molecular flexibility index (Phi) is 4.40. The van der Waals surface area contributed by atoms with Crippen LogP contribution in [0.5, 0.6) is 0 Å². The van der Waals surface area contributed by atoms with Crippen LogP contribution in [0.25, 0.3) is 32.3 Å². The van der Waals surface area contributed by atoms with Gasteiger partial charge >= 0.3 is 0 Å². The Morgan fingerprint density at radius 1 is 0.438 bits per heavy atom. The van der Waals surface area contributed by atoms with Gasteiger partial charge in [0.1, 0.15) is 0 Å². The molecule has 0 saturated carbocycles. The van der Waals surface area contributed by atoms with Gasteiger partial charge in [0.2, 0.25) is 0 Å². The van der Waals surface area contributed by atoms with Crippen LogP contribution in [-0.4, -0.2) is 0 Å². The summed E-state index contributed by atoms with van der Waals surface area (Å²) in [6.45, 7) is 2.15. The summed E-state index contributed by atoms with van der Waals surface area (Å²) >= 11 is 0. The quantitative estimate of drug-likeness (QED) is 0.264. The molecule has 1 heteroatoms. The average molecular weight is 410 g/mol. The highest BCUT2D eigenvalue weighted by atomic mass is 15.1. The molecule has 0 spiro atoms. The van der Waals surface area contributed by atoms with E-state index in [4.69, 9.17) is 0 Å². The molecule has 32 heavy (non-hydrogen) atoms. The van der Waals surface area contributed by atoms with Crippen molar-refractivity contribution in [3.05, 3.63) is 127 Å². The number of aryl methyl sites for hydroxylation is 1. The monoisotopic (exact) mass is 409 g/mol. The summed E-state index contributed by atoms with van der Waals surface area (Å²) < 4.78 is 0. The van der Waals surface area contributed by atoms with Gasteiger partial charge < -0.3 is 4.90 Å². The van der Waals surface area contributed by atoms with Crippen LogP contribution in [0.1, 0.15) is 5.56 Å². The van der Waals surface area contributed by atoms with E-state index in [0.29, 0.717) is 0 Å². The minimum atomic E-state index is 1.15. The van der Waals surface area contributed by atoms with Gasteiger partial charge in [-0.3, -0.25) is 0 Å². The van der Waals surface area contributed by atoms with E-state index in [0.717, 1.165) is 11.4 Å². The second-order valence-electron chi connectivity index (χ2n) is 8.36. The first-order valence-corrected chi connectivity index (χ1v) is 11.0. The Bertz CT molecular complexity index is 1580. The molecule has 1 nitrogen and oxygen atoms in total. The number of rotatable bonds is 3. The second kappa shape index (κ2) is 7.55. The lowest BCUT2D eigenvalue weighted by atomic mass is 9.99. The number of nitrogens with zero attached hydrogens (tertiary/aromatic N) is 1. The zero-order chi connectivity index (χ0) is 21.5. The number of hydrogen-bond acceptors (Lipinski definition) is 1. The molecule has 0 unspecified atom stereocenters. The van der Waals surface area contributed by atoms with Gasteiger partial charge in [0.25, 0.3) is 0 Å². The number of hydrogen-bond donors (Lipinski definition) is 0. The summed E-state index contributed by atoms with van der Waals surface area (Å²) in [5.74, 6) is 0. The lowest BCUT2D eigenvalue weighted by molar-refractivity contribution is 1.30. The molecular formula is C31H23N. The molecule has 152 valence electrons. The molecule has 0 saturated heterocycles. The maximum atomic E-state index is 2.36. The fourth-order valence-electron chi connectivity index (χ4n) is 4.72. The molecule has 0 heterocycles. The lowest BCUT2D eigenvalue weighted by Crippen LogP contribution is -2.10. The second-order valence-corrected chi connectivity index (χ2v) is 8.36. The van der Waals surface area contributed by atoms with E-state index in [-0.39, 0.29) is 0 Å². The highest BCUT2D eigenvalue weighted by Crippen LogP contribution is 2.40. The van der Waals surface area contributed by atoms with Crippen molar-refractivity contribution >= 4 is 49.4 Å². The van der Waals surface area contributed by atoms with Crippen LogP contribution in [0.2, 0.25) is 0 Å². The summed E-state index contributed by atoms with van der Waals surface area (Å²) in [5.41, 5.74) is 4.79. The third kappa shape index (κ3) is 3.11. The van der Waals surface area contributed by atoms with Crippen molar-refractivity contribution in [3.8, 4) is 0 Å². The van der Waals surface area contributed by atoms with Crippen molar-refractivity contribution in [2.45, 2.75) is 6.92 Å². The van der Waals surface area contributed by atoms with Gasteiger partial charge in [-0.1, -0.05) is 96.6 Å². The molecule has 6 aromatic rings. The summed E-state index contributed by atoms with van der Waals surface area (Å²) in [7, 11) is 0. The maximum Gasteiger partial charge on any atom is 0.0540 e. The van der Waals surface area contributed by atoms with Gasteiger partial charge in [-0.05, 0) is 64.2 Å². The predicted octanol–water partition coefficient (Wildman–Crippen LogP) is 8.92. The van der Waals surface area contributed by atoms with Gasteiger partial charge in [-0.25, -0.2) is 0 Å². The molecule has 0 N–H and O–H groups in total. The van der Waals surface area contributed by atoms with Gasteiger partial charge in [0, 0.05) is 16.8 Å². The summed E-state index contributed by atoms with van der Waals surface area (Å²) in [5, 5.41) is 7.62. The molecule has 0 aromatic heterocycles. The van der Waals surface area contributed by atoms with E-state index in [1.54, 1.807) is 0 Å². The van der Waals surface area contributed by atoms with Crippen LogP contribution < -0.4 is 4.90 Å². The number of fused-ring (bicyclic) bond motifs is 4.